The predicted octanol–water partition coefficient (Wildman–Crippen LogP) is -1.00. The second-order valence-electron chi connectivity index (χ2n) is 5.14. The number of rotatable bonds is 19. The first-order chi connectivity index (χ1) is 12.6. The van der Waals surface area contributed by atoms with Crippen molar-refractivity contribution in [2.45, 2.75) is 13.0 Å². The third-order valence-corrected chi connectivity index (χ3v) is 4.13. The van der Waals surface area contributed by atoms with Crippen LogP contribution in [0, 0.1) is 0 Å². The molecule has 0 aromatic carbocycles. The number of carbonyl (C=O) groups excluding carboxylic acids is 2. The van der Waals surface area contributed by atoms with Gasteiger partial charge in [0.2, 0.25) is 11.8 Å². The van der Waals surface area contributed by atoms with Crippen molar-refractivity contribution < 1.29 is 28.5 Å². The summed E-state index contributed by atoms with van der Waals surface area (Å²) < 4.78 is 21.2. The van der Waals surface area contributed by atoms with Gasteiger partial charge in [-0.2, -0.15) is 0 Å². The molecule has 0 aromatic heterocycles. The molecule has 0 fully saturated rings. The fraction of sp³-hybridized carbons (Fsp3) is 0.875. The summed E-state index contributed by atoms with van der Waals surface area (Å²) >= 11 is 1.35. The zero-order chi connectivity index (χ0) is 19.5. The number of primary amides is 1. The molecule has 0 spiro atoms. The Morgan fingerprint density at radius 2 is 1.50 bits per heavy atom. The number of hydrogen-bond acceptors (Lipinski definition) is 8. The Morgan fingerprint density at radius 1 is 0.962 bits per heavy atom. The molecule has 0 saturated heterocycles. The van der Waals surface area contributed by atoms with Crippen molar-refractivity contribution in [2.75, 3.05) is 78.0 Å². The summed E-state index contributed by atoms with van der Waals surface area (Å²) in [6.07, 6.45) is 0. The maximum atomic E-state index is 11.6. The van der Waals surface area contributed by atoms with Crippen molar-refractivity contribution >= 4 is 23.6 Å². The van der Waals surface area contributed by atoms with Gasteiger partial charge in [-0.3, -0.25) is 9.59 Å². The molecule has 10 heteroatoms. The van der Waals surface area contributed by atoms with Crippen LogP contribution < -0.4 is 16.4 Å². The molecule has 0 radical (unpaired) electrons. The van der Waals surface area contributed by atoms with E-state index in [0.717, 1.165) is 0 Å². The molecule has 2 amide bonds. The maximum absolute atomic E-state index is 11.6. The second-order valence-corrected chi connectivity index (χ2v) is 6.17. The van der Waals surface area contributed by atoms with Gasteiger partial charge in [0.15, 0.2) is 0 Å². The normalized spacial score (nSPS) is 12.1. The first kappa shape index (κ1) is 25.1. The Bertz CT molecular complexity index is 363. The number of ether oxygens (including phenoxy) is 4. The minimum Gasteiger partial charge on any atom is -0.379 e. The van der Waals surface area contributed by atoms with Gasteiger partial charge in [-0.1, -0.05) is 0 Å². The summed E-state index contributed by atoms with van der Waals surface area (Å²) in [5.41, 5.74) is 5.20. The zero-order valence-corrected chi connectivity index (χ0v) is 16.6. The number of nitrogens with one attached hydrogen (secondary N) is 2. The lowest BCUT2D eigenvalue weighted by Crippen LogP contribution is -2.41. The van der Waals surface area contributed by atoms with Gasteiger partial charge in [-0.25, -0.2) is 0 Å². The largest absolute Gasteiger partial charge is 0.379 e. The molecule has 0 rings (SSSR count). The smallest absolute Gasteiger partial charge is 0.235 e. The molecule has 9 nitrogen and oxygen atoms in total. The predicted molar refractivity (Wildman–Crippen MR) is 101 cm³/mol. The SMILES string of the molecule is CCOCCOCCOCCOCCNC(=O)CSC[C@H](NC)C(N)=O. The van der Waals surface area contributed by atoms with E-state index in [1.807, 2.05) is 6.92 Å². The van der Waals surface area contributed by atoms with E-state index in [1.165, 1.54) is 11.8 Å². The lowest BCUT2D eigenvalue weighted by Gasteiger charge is -2.11. The van der Waals surface area contributed by atoms with Crippen LogP contribution in [0.5, 0.6) is 0 Å². The van der Waals surface area contributed by atoms with E-state index in [2.05, 4.69) is 10.6 Å². The quantitative estimate of drug-likeness (QED) is 0.238. The molecule has 154 valence electrons. The van der Waals surface area contributed by atoms with Crippen molar-refractivity contribution in [3.63, 3.8) is 0 Å². The lowest BCUT2D eigenvalue weighted by molar-refractivity contribution is -0.120. The van der Waals surface area contributed by atoms with E-state index in [9.17, 15) is 9.59 Å². The van der Waals surface area contributed by atoms with Gasteiger partial charge in [0.25, 0.3) is 0 Å². The second kappa shape index (κ2) is 18.9. The molecule has 0 unspecified atom stereocenters. The van der Waals surface area contributed by atoms with Crippen LogP contribution in [0.3, 0.4) is 0 Å². The average molecular weight is 396 g/mol. The molecule has 0 heterocycles. The van der Waals surface area contributed by atoms with Crippen LogP contribution in [-0.4, -0.2) is 95.8 Å². The molecular formula is C16H33N3O6S. The number of hydrogen-bond donors (Lipinski definition) is 3. The van der Waals surface area contributed by atoms with Crippen molar-refractivity contribution in [2.24, 2.45) is 5.73 Å². The minimum absolute atomic E-state index is 0.0987. The van der Waals surface area contributed by atoms with Gasteiger partial charge in [0.1, 0.15) is 0 Å². The Morgan fingerprint density at radius 3 is 2.00 bits per heavy atom. The molecule has 0 aromatic rings. The highest BCUT2D eigenvalue weighted by molar-refractivity contribution is 8.00. The highest BCUT2D eigenvalue weighted by Gasteiger charge is 2.13. The van der Waals surface area contributed by atoms with Crippen molar-refractivity contribution in [3.05, 3.63) is 0 Å². The molecule has 0 aliphatic heterocycles. The molecular weight excluding hydrogens is 362 g/mol. The van der Waals surface area contributed by atoms with Crippen molar-refractivity contribution in [3.8, 4) is 0 Å². The van der Waals surface area contributed by atoms with Crippen LogP contribution in [0.15, 0.2) is 0 Å². The number of carbonyl (C=O) groups is 2. The van der Waals surface area contributed by atoms with E-state index in [0.29, 0.717) is 65.2 Å². The van der Waals surface area contributed by atoms with Crippen molar-refractivity contribution in [1.82, 2.24) is 10.6 Å². The molecule has 0 aliphatic carbocycles. The summed E-state index contributed by atoms with van der Waals surface area (Å²) in [6, 6.07) is -0.425. The fourth-order valence-corrected chi connectivity index (χ4v) is 2.67. The Labute approximate surface area is 160 Å². The Kier molecular flexibility index (Phi) is 18.2. The van der Waals surface area contributed by atoms with E-state index in [-0.39, 0.29) is 11.7 Å². The number of amides is 2. The third kappa shape index (κ3) is 16.6. The van der Waals surface area contributed by atoms with E-state index < -0.39 is 11.9 Å². The third-order valence-electron chi connectivity index (χ3n) is 3.10. The molecule has 4 N–H and O–H groups in total. The lowest BCUT2D eigenvalue weighted by atomic mass is 10.3. The summed E-state index contributed by atoms with van der Waals surface area (Å²) in [4.78, 5) is 22.6. The Balaban J connectivity index is 3.29. The number of nitrogens with two attached hydrogens (primary N) is 1. The minimum atomic E-state index is -0.425. The molecule has 0 saturated carbocycles. The standard InChI is InChI=1S/C16H33N3O6S/c1-3-22-6-7-24-10-11-25-9-8-23-5-4-19-15(20)13-26-12-14(18-2)16(17)21/h14,18H,3-13H2,1-2H3,(H2,17,21)(H,19,20)/t14-/m0/s1. The topological polar surface area (TPSA) is 121 Å². The van der Waals surface area contributed by atoms with Gasteiger partial charge in [-0.05, 0) is 14.0 Å². The van der Waals surface area contributed by atoms with E-state index >= 15 is 0 Å². The molecule has 1 atom stereocenters. The van der Waals surface area contributed by atoms with Gasteiger partial charge in [0.05, 0.1) is 58.0 Å². The summed E-state index contributed by atoms with van der Waals surface area (Å²) in [5.74, 6) is 0.215. The van der Waals surface area contributed by atoms with Crippen LogP contribution in [0.2, 0.25) is 0 Å². The molecule has 26 heavy (non-hydrogen) atoms. The summed E-state index contributed by atoms with van der Waals surface area (Å²) in [6.45, 7) is 6.67. The van der Waals surface area contributed by atoms with E-state index in [4.69, 9.17) is 24.7 Å². The Hall–Kier alpha value is -0.910. The number of likely N-dealkylation sites (N-methyl/N-ethyl adjacent to an activating group) is 1. The van der Waals surface area contributed by atoms with Crippen LogP contribution in [0.25, 0.3) is 0 Å². The summed E-state index contributed by atoms with van der Waals surface area (Å²) in [7, 11) is 1.66. The average Bonchev–Trinajstić information content (AvgIpc) is 2.62. The fourth-order valence-electron chi connectivity index (χ4n) is 1.69. The van der Waals surface area contributed by atoms with Crippen LogP contribution in [0.1, 0.15) is 6.92 Å². The number of thioether (sulfide) groups is 1. The molecule has 0 bridgehead atoms. The summed E-state index contributed by atoms with van der Waals surface area (Å²) in [5, 5.41) is 5.54. The highest BCUT2D eigenvalue weighted by Crippen LogP contribution is 2.02. The van der Waals surface area contributed by atoms with Gasteiger partial charge in [-0.15, -0.1) is 11.8 Å². The van der Waals surface area contributed by atoms with Crippen LogP contribution in [-0.2, 0) is 28.5 Å². The maximum Gasteiger partial charge on any atom is 0.235 e. The first-order valence-corrected chi connectivity index (χ1v) is 9.89. The monoisotopic (exact) mass is 395 g/mol. The highest BCUT2D eigenvalue weighted by atomic mass is 32.2. The van der Waals surface area contributed by atoms with Crippen LogP contribution >= 0.6 is 11.8 Å². The first-order valence-electron chi connectivity index (χ1n) is 8.73. The van der Waals surface area contributed by atoms with Crippen molar-refractivity contribution in [1.29, 1.82) is 0 Å². The van der Waals surface area contributed by atoms with Crippen LogP contribution in [0.4, 0.5) is 0 Å². The zero-order valence-electron chi connectivity index (χ0n) is 15.8. The van der Waals surface area contributed by atoms with Gasteiger partial charge < -0.3 is 35.3 Å². The van der Waals surface area contributed by atoms with Gasteiger partial charge in [0, 0.05) is 18.9 Å². The van der Waals surface area contributed by atoms with E-state index in [1.54, 1.807) is 7.05 Å². The van der Waals surface area contributed by atoms with Gasteiger partial charge >= 0.3 is 0 Å². The molecule has 0 aliphatic rings.